The number of anilines is 1. The van der Waals surface area contributed by atoms with E-state index in [1.807, 2.05) is 20.8 Å². The Labute approximate surface area is 255 Å². The number of hydrogen-bond donors (Lipinski definition) is 2. The molecule has 4 unspecified atom stereocenters. The van der Waals surface area contributed by atoms with Gasteiger partial charge in [-0.15, -0.1) is 0 Å². The van der Waals surface area contributed by atoms with Crippen molar-refractivity contribution in [3.63, 3.8) is 0 Å². The minimum atomic E-state index is -1.59. The van der Waals surface area contributed by atoms with Crippen molar-refractivity contribution in [3.8, 4) is 0 Å². The van der Waals surface area contributed by atoms with E-state index in [2.05, 4.69) is 10.6 Å². The van der Waals surface area contributed by atoms with Gasteiger partial charge in [-0.05, 0) is 41.2 Å². The van der Waals surface area contributed by atoms with Gasteiger partial charge in [-0.1, -0.05) is 62.2 Å². The highest BCUT2D eigenvalue weighted by molar-refractivity contribution is 6.31. The molecule has 1 spiro atoms. The molecule has 4 rings (SSSR count). The van der Waals surface area contributed by atoms with E-state index in [9.17, 15) is 14.4 Å². The Morgan fingerprint density at radius 3 is 2.52 bits per heavy atom. The van der Waals surface area contributed by atoms with E-state index in [4.69, 9.17) is 37.4 Å². The molecule has 1 saturated heterocycles. The van der Waals surface area contributed by atoms with Crippen molar-refractivity contribution in [2.24, 2.45) is 5.41 Å². The van der Waals surface area contributed by atoms with Crippen molar-refractivity contribution in [2.75, 3.05) is 45.9 Å². The van der Waals surface area contributed by atoms with Gasteiger partial charge in [0.15, 0.2) is 0 Å². The van der Waals surface area contributed by atoms with Crippen LogP contribution in [-0.4, -0.2) is 75.5 Å². The van der Waals surface area contributed by atoms with Gasteiger partial charge in [0.2, 0.25) is 11.8 Å². The van der Waals surface area contributed by atoms with Crippen LogP contribution in [0.1, 0.15) is 44.2 Å². The Balaban J connectivity index is 1.97. The standard InChI is InChI=1S/C30H36Cl2FN3O6/c1-29(2,3)16-22-30(19-10-9-17(31)15-21(19)35-27(30)38)23(18-7-6-8-20(32)24(18)33)25(36(22)28(39)41-5)26(37)34-11-12-42-14-13-40-4/h6-10,15,22-23,25H,11-14,16H2,1-5H3,(H,34,37)(H,35,38). The molecule has 0 aliphatic carbocycles. The first-order valence-corrected chi connectivity index (χ1v) is 14.4. The smallest absolute Gasteiger partial charge is 0.410 e. The van der Waals surface area contributed by atoms with Crippen molar-refractivity contribution in [2.45, 2.75) is 50.6 Å². The SMILES string of the molecule is COCCOCCNC(=O)C1C(c2cccc(Cl)c2F)C2(C(=O)Nc3cc(Cl)ccc32)C(CC(C)(C)C)N1C(=O)OC. The maximum atomic E-state index is 16.0. The van der Waals surface area contributed by atoms with E-state index in [1.54, 1.807) is 31.4 Å². The number of methoxy groups -OCH3 is 2. The number of carbonyl (C=O) groups excluding carboxylic acids is 3. The van der Waals surface area contributed by atoms with Gasteiger partial charge in [-0.2, -0.15) is 0 Å². The van der Waals surface area contributed by atoms with Crippen LogP contribution >= 0.6 is 23.2 Å². The van der Waals surface area contributed by atoms with E-state index < -0.39 is 52.6 Å². The van der Waals surface area contributed by atoms with E-state index in [1.165, 1.54) is 24.1 Å². The van der Waals surface area contributed by atoms with Crippen LogP contribution in [0.15, 0.2) is 36.4 Å². The lowest BCUT2D eigenvalue weighted by Crippen LogP contribution is -2.53. The fourth-order valence-electron chi connectivity index (χ4n) is 6.23. The van der Waals surface area contributed by atoms with E-state index >= 15 is 4.39 Å². The number of nitrogens with zero attached hydrogens (tertiary/aromatic N) is 1. The summed E-state index contributed by atoms with van der Waals surface area (Å²) in [6, 6.07) is 7.13. The van der Waals surface area contributed by atoms with Crippen molar-refractivity contribution < 1.29 is 33.0 Å². The molecule has 228 valence electrons. The second kappa shape index (κ2) is 12.8. The summed E-state index contributed by atoms with van der Waals surface area (Å²) in [7, 11) is 2.76. The predicted molar refractivity (Wildman–Crippen MR) is 158 cm³/mol. The van der Waals surface area contributed by atoms with Crippen molar-refractivity contribution in [3.05, 3.63) is 63.4 Å². The van der Waals surface area contributed by atoms with Crippen LogP contribution in [0.5, 0.6) is 0 Å². The first kappa shape index (κ1) is 32.0. The van der Waals surface area contributed by atoms with Gasteiger partial charge in [0.25, 0.3) is 0 Å². The van der Waals surface area contributed by atoms with Gasteiger partial charge in [-0.3, -0.25) is 14.5 Å². The van der Waals surface area contributed by atoms with Crippen LogP contribution < -0.4 is 10.6 Å². The third kappa shape index (κ3) is 5.82. The number of ether oxygens (including phenoxy) is 3. The summed E-state index contributed by atoms with van der Waals surface area (Å²) in [5.41, 5.74) is -1.07. The van der Waals surface area contributed by atoms with E-state index in [-0.39, 0.29) is 30.2 Å². The van der Waals surface area contributed by atoms with Crippen LogP contribution in [0.2, 0.25) is 10.0 Å². The lowest BCUT2D eigenvalue weighted by Gasteiger charge is -2.39. The third-order valence-corrected chi connectivity index (χ3v) is 8.30. The number of carbonyl (C=O) groups is 3. The number of nitrogens with one attached hydrogen (secondary N) is 2. The lowest BCUT2D eigenvalue weighted by molar-refractivity contribution is -0.126. The Kier molecular flexibility index (Phi) is 9.72. The fraction of sp³-hybridized carbons (Fsp3) is 0.500. The summed E-state index contributed by atoms with van der Waals surface area (Å²) in [4.78, 5) is 43.4. The third-order valence-electron chi connectivity index (χ3n) is 7.77. The quantitative estimate of drug-likeness (QED) is 0.375. The number of halogens is 3. The first-order valence-electron chi connectivity index (χ1n) is 13.6. The average Bonchev–Trinajstić information content (AvgIpc) is 3.37. The summed E-state index contributed by atoms with van der Waals surface area (Å²) in [5, 5.41) is 5.94. The van der Waals surface area contributed by atoms with Crippen LogP contribution in [-0.2, 0) is 29.2 Å². The minimum absolute atomic E-state index is 0.0299. The molecule has 1 fully saturated rings. The lowest BCUT2D eigenvalue weighted by atomic mass is 9.62. The summed E-state index contributed by atoms with van der Waals surface area (Å²) in [5.74, 6) is -3.03. The second-order valence-electron chi connectivity index (χ2n) is 11.6. The monoisotopic (exact) mass is 623 g/mol. The molecule has 42 heavy (non-hydrogen) atoms. The number of benzene rings is 2. The summed E-state index contributed by atoms with van der Waals surface area (Å²) < 4.78 is 31.7. The van der Waals surface area contributed by atoms with Gasteiger partial charge in [0, 0.05) is 30.3 Å². The molecule has 0 aromatic heterocycles. The Hall–Kier alpha value is -2.92. The molecule has 4 atom stereocenters. The Morgan fingerprint density at radius 1 is 1.12 bits per heavy atom. The van der Waals surface area contributed by atoms with Crippen molar-refractivity contribution in [1.29, 1.82) is 0 Å². The molecule has 0 bridgehead atoms. The average molecular weight is 625 g/mol. The number of hydrogen-bond acceptors (Lipinski definition) is 6. The zero-order valence-electron chi connectivity index (χ0n) is 24.3. The molecule has 0 saturated carbocycles. The highest BCUT2D eigenvalue weighted by atomic mass is 35.5. The van der Waals surface area contributed by atoms with Gasteiger partial charge in [0.05, 0.1) is 38.0 Å². The minimum Gasteiger partial charge on any atom is -0.453 e. The molecule has 12 heteroatoms. The molecule has 9 nitrogen and oxygen atoms in total. The zero-order chi connectivity index (χ0) is 30.8. The highest BCUT2D eigenvalue weighted by Gasteiger charge is 2.70. The molecule has 2 N–H and O–H groups in total. The molecule has 3 amide bonds. The summed E-state index contributed by atoms with van der Waals surface area (Å²) in [6.07, 6.45) is -0.541. The number of fused-ring (bicyclic) bond motifs is 2. The van der Waals surface area contributed by atoms with E-state index in [0.717, 1.165) is 0 Å². The number of likely N-dealkylation sites (tertiary alicyclic amines) is 1. The molecule has 2 aromatic carbocycles. The molecule has 0 radical (unpaired) electrons. The zero-order valence-corrected chi connectivity index (χ0v) is 25.8. The topological polar surface area (TPSA) is 106 Å². The highest BCUT2D eigenvalue weighted by Crippen LogP contribution is 2.60. The predicted octanol–water partition coefficient (Wildman–Crippen LogP) is 5.14. The number of rotatable bonds is 9. The maximum absolute atomic E-state index is 16.0. The largest absolute Gasteiger partial charge is 0.453 e. The summed E-state index contributed by atoms with van der Waals surface area (Å²) >= 11 is 12.6. The normalized spacial score (nSPS) is 23.2. The maximum Gasteiger partial charge on any atom is 0.410 e. The van der Waals surface area contributed by atoms with Crippen LogP contribution in [0.4, 0.5) is 14.9 Å². The number of amides is 3. The molecule has 2 aromatic rings. The fourth-order valence-corrected chi connectivity index (χ4v) is 6.59. The molecular formula is C30H36Cl2FN3O6. The Morgan fingerprint density at radius 2 is 1.86 bits per heavy atom. The first-order chi connectivity index (χ1) is 19.9. The second-order valence-corrected chi connectivity index (χ2v) is 12.5. The van der Waals surface area contributed by atoms with Gasteiger partial charge in [-0.25, -0.2) is 9.18 Å². The van der Waals surface area contributed by atoms with Crippen LogP contribution in [0.25, 0.3) is 0 Å². The van der Waals surface area contributed by atoms with Gasteiger partial charge < -0.3 is 24.8 Å². The van der Waals surface area contributed by atoms with Crippen molar-refractivity contribution in [1.82, 2.24) is 10.2 Å². The van der Waals surface area contributed by atoms with Crippen LogP contribution in [0.3, 0.4) is 0 Å². The molecular weight excluding hydrogens is 588 g/mol. The summed E-state index contributed by atoms with van der Waals surface area (Å²) in [6.45, 7) is 6.89. The van der Waals surface area contributed by atoms with E-state index in [0.29, 0.717) is 29.5 Å². The van der Waals surface area contributed by atoms with Gasteiger partial charge >= 0.3 is 6.09 Å². The molecule has 2 aliphatic rings. The Bertz CT molecular complexity index is 1350. The van der Waals surface area contributed by atoms with Gasteiger partial charge in [0.1, 0.15) is 17.3 Å². The molecule has 2 heterocycles. The van der Waals surface area contributed by atoms with Crippen LogP contribution in [0, 0.1) is 11.2 Å². The van der Waals surface area contributed by atoms with Crippen molar-refractivity contribution >= 4 is 46.8 Å². The molecule has 2 aliphatic heterocycles.